The van der Waals surface area contributed by atoms with Crippen LogP contribution in [-0.2, 0) is 4.79 Å². The molecule has 7 heteroatoms. The highest BCUT2D eigenvalue weighted by Crippen LogP contribution is 2.19. The minimum Gasteiger partial charge on any atom is -0.497 e. The highest BCUT2D eigenvalue weighted by Gasteiger charge is 2.25. The number of carbonyl (C=O) groups excluding carboxylic acids is 1. The number of nitrogens with one attached hydrogen (secondary N) is 1. The van der Waals surface area contributed by atoms with Crippen molar-refractivity contribution in [1.82, 2.24) is 14.5 Å². The number of carbonyl (C=O) groups is 1. The molecule has 0 fully saturated rings. The number of aromatic nitrogens is 2. The van der Waals surface area contributed by atoms with Crippen molar-refractivity contribution in [3.63, 3.8) is 0 Å². The summed E-state index contributed by atoms with van der Waals surface area (Å²) in [6.07, 6.45) is 1.18. The second-order valence-electron chi connectivity index (χ2n) is 7.25. The van der Waals surface area contributed by atoms with Crippen LogP contribution >= 0.6 is 0 Å². The first-order valence-corrected chi connectivity index (χ1v) is 10.1. The quantitative estimate of drug-likeness (QED) is 0.650. The molecular formula is C23H27N3O4. The standard InChI is InChI=1S/C23H27N3O4/c1-5-15(3)24-21(27)19(6-2)26-20-13-8-7-12-18(20)22(28)25(23(26)29)16-10-9-11-17(14-16)30-4/h7-15,19H,5-6H2,1-4H3,(H,24,27)/t15-,19+/m0/s1. The Morgan fingerprint density at radius 2 is 1.80 bits per heavy atom. The Balaban J connectivity index is 2.32. The fourth-order valence-corrected chi connectivity index (χ4v) is 3.49. The minimum atomic E-state index is -0.742. The first kappa shape index (κ1) is 21.4. The summed E-state index contributed by atoms with van der Waals surface area (Å²) in [4.78, 5) is 39.8. The molecule has 2 atom stereocenters. The van der Waals surface area contributed by atoms with E-state index in [9.17, 15) is 14.4 Å². The van der Waals surface area contributed by atoms with E-state index in [-0.39, 0.29) is 11.9 Å². The average molecular weight is 409 g/mol. The van der Waals surface area contributed by atoms with E-state index >= 15 is 0 Å². The Hall–Kier alpha value is -3.35. The van der Waals surface area contributed by atoms with Gasteiger partial charge in [0.25, 0.3) is 5.56 Å². The van der Waals surface area contributed by atoms with Gasteiger partial charge in [0, 0.05) is 12.1 Å². The number of methoxy groups -OCH3 is 1. The van der Waals surface area contributed by atoms with Gasteiger partial charge in [-0.3, -0.25) is 14.2 Å². The van der Waals surface area contributed by atoms with Crippen LogP contribution < -0.4 is 21.3 Å². The molecule has 7 nitrogen and oxygen atoms in total. The summed E-state index contributed by atoms with van der Waals surface area (Å²) in [6.45, 7) is 5.75. The number of fused-ring (bicyclic) bond motifs is 1. The van der Waals surface area contributed by atoms with Crippen LogP contribution in [0, 0.1) is 0 Å². The molecule has 0 saturated carbocycles. The number of benzene rings is 2. The third-order valence-electron chi connectivity index (χ3n) is 5.31. The van der Waals surface area contributed by atoms with E-state index < -0.39 is 17.3 Å². The Morgan fingerprint density at radius 3 is 2.47 bits per heavy atom. The van der Waals surface area contributed by atoms with Crippen LogP contribution in [0.3, 0.4) is 0 Å². The number of hydrogen-bond donors (Lipinski definition) is 1. The molecule has 1 N–H and O–H groups in total. The largest absolute Gasteiger partial charge is 0.497 e. The molecule has 0 spiro atoms. The summed E-state index contributed by atoms with van der Waals surface area (Å²) in [5.74, 6) is 0.287. The van der Waals surface area contributed by atoms with Gasteiger partial charge in [-0.1, -0.05) is 32.0 Å². The third kappa shape index (κ3) is 3.87. The van der Waals surface area contributed by atoms with Crippen LogP contribution in [0.5, 0.6) is 5.75 Å². The molecule has 158 valence electrons. The van der Waals surface area contributed by atoms with Crippen molar-refractivity contribution in [2.24, 2.45) is 0 Å². The van der Waals surface area contributed by atoms with Crippen molar-refractivity contribution >= 4 is 16.8 Å². The Bertz CT molecular complexity index is 1180. The first-order valence-electron chi connectivity index (χ1n) is 10.1. The van der Waals surface area contributed by atoms with E-state index in [1.165, 1.54) is 11.7 Å². The van der Waals surface area contributed by atoms with Crippen molar-refractivity contribution in [2.75, 3.05) is 7.11 Å². The van der Waals surface area contributed by atoms with E-state index in [0.717, 1.165) is 11.0 Å². The molecule has 0 aliphatic heterocycles. The van der Waals surface area contributed by atoms with Gasteiger partial charge in [0.1, 0.15) is 11.8 Å². The maximum Gasteiger partial charge on any atom is 0.336 e. The van der Waals surface area contributed by atoms with Crippen LogP contribution in [0.4, 0.5) is 0 Å². The lowest BCUT2D eigenvalue weighted by atomic mass is 10.1. The van der Waals surface area contributed by atoms with E-state index in [1.54, 1.807) is 48.5 Å². The molecule has 1 amide bonds. The van der Waals surface area contributed by atoms with Gasteiger partial charge in [-0.2, -0.15) is 0 Å². The van der Waals surface area contributed by atoms with Gasteiger partial charge in [-0.15, -0.1) is 0 Å². The molecule has 1 heterocycles. The number of ether oxygens (including phenoxy) is 1. The monoisotopic (exact) mass is 409 g/mol. The summed E-state index contributed by atoms with van der Waals surface area (Å²) < 4.78 is 7.77. The van der Waals surface area contributed by atoms with Crippen molar-refractivity contribution < 1.29 is 9.53 Å². The Morgan fingerprint density at radius 1 is 1.07 bits per heavy atom. The second-order valence-corrected chi connectivity index (χ2v) is 7.25. The number of nitrogens with zero attached hydrogens (tertiary/aromatic N) is 2. The smallest absolute Gasteiger partial charge is 0.336 e. The predicted octanol–water partition coefficient (Wildman–Crippen LogP) is 3.03. The van der Waals surface area contributed by atoms with E-state index in [2.05, 4.69) is 5.32 Å². The van der Waals surface area contributed by atoms with Crippen LogP contribution in [0.15, 0.2) is 58.1 Å². The first-order chi connectivity index (χ1) is 14.4. The molecule has 0 bridgehead atoms. The molecule has 0 aliphatic carbocycles. The third-order valence-corrected chi connectivity index (χ3v) is 5.31. The topological polar surface area (TPSA) is 82.3 Å². The highest BCUT2D eigenvalue weighted by atomic mass is 16.5. The molecule has 2 aromatic carbocycles. The Kier molecular flexibility index (Phi) is 6.40. The lowest BCUT2D eigenvalue weighted by molar-refractivity contribution is -0.125. The maximum absolute atomic E-state index is 13.6. The van der Waals surface area contributed by atoms with Crippen LogP contribution in [0.2, 0.25) is 0 Å². The fraction of sp³-hybridized carbons (Fsp3) is 0.348. The Labute approximate surface area is 174 Å². The zero-order valence-electron chi connectivity index (χ0n) is 17.7. The molecular weight excluding hydrogens is 382 g/mol. The molecule has 3 rings (SSSR count). The average Bonchev–Trinajstić information content (AvgIpc) is 2.76. The summed E-state index contributed by atoms with van der Waals surface area (Å²) in [7, 11) is 1.52. The molecule has 30 heavy (non-hydrogen) atoms. The van der Waals surface area contributed by atoms with Gasteiger partial charge in [-0.25, -0.2) is 9.36 Å². The number of hydrogen-bond acceptors (Lipinski definition) is 4. The SMILES string of the molecule is CC[C@H](C(=O)N[C@@H](C)CC)n1c(=O)n(-c2cccc(OC)c2)c(=O)c2ccccc21. The zero-order valence-corrected chi connectivity index (χ0v) is 17.7. The van der Waals surface area contributed by atoms with Gasteiger partial charge in [0.2, 0.25) is 5.91 Å². The van der Waals surface area contributed by atoms with Gasteiger partial charge in [-0.05, 0) is 44.0 Å². The molecule has 1 aromatic heterocycles. The van der Waals surface area contributed by atoms with Crippen molar-refractivity contribution in [3.05, 3.63) is 69.4 Å². The summed E-state index contributed by atoms with van der Waals surface area (Å²) in [6, 6.07) is 12.9. The number of para-hydroxylation sites is 1. The van der Waals surface area contributed by atoms with Crippen LogP contribution in [0.25, 0.3) is 16.6 Å². The maximum atomic E-state index is 13.6. The summed E-state index contributed by atoms with van der Waals surface area (Å²) in [5.41, 5.74) is -0.158. The number of amides is 1. The van der Waals surface area contributed by atoms with E-state index in [0.29, 0.717) is 28.8 Å². The molecule has 0 saturated heterocycles. The van der Waals surface area contributed by atoms with Gasteiger partial charge in [0.05, 0.1) is 23.7 Å². The highest BCUT2D eigenvalue weighted by molar-refractivity contribution is 5.84. The second kappa shape index (κ2) is 8.98. The normalized spacial score (nSPS) is 13.1. The minimum absolute atomic E-state index is 0.0159. The fourth-order valence-electron chi connectivity index (χ4n) is 3.49. The predicted molar refractivity (Wildman–Crippen MR) is 118 cm³/mol. The summed E-state index contributed by atoms with van der Waals surface area (Å²) in [5, 5.41) is 3.33. The van der Waals surface area contributed by atoms with Gasteiger partial charge < -0.3 is 10.1 Å². The van der Waals surface area contributed by atoms with Crippen LogP contribution in [-0.4, -0.2) is 28.2 Å². The molecule has 3 aromatic rings. The molecule has 0 unspecified atom stereocenters. The molecule has 0 aliphatic rings. The zero-order chi connectivity index (χ0) is 21.8. The van der Waals surface area contributed by atoms with Gasteiger partial charge >= 0.3 is 5.69 Å². The van der Waals surface area contributed by atoms with Crippen LogP contribution in [0.1, 0.15) is 39.7 Å². The van der Waals surface area contributed by atoms with Crippen molar-refractivity contribution in [2.45, 2.75) is 45.7 Å². The van der Waals surface area contributed by atoms with Gasteiger partial charge in [0.15, 0.2) is 0 Å². The number of rotatable bonds is 7. The lowest BCUT2D eigenvalue weighted by Crippen LogP contribution is -2.45. The van der Waals surface area contributed by atoms with Crippen molar-refractivity contribution in [3.8, 4) is 11.4 Å². The summed E-state index contributed by atoms with van der Waals surface area (Å²) >= 11 is 0. The van der Waals surface area contributed by atoms with E-state index in [1.807, 2.05) is 20.8 Å². The molecule has 0 radical (unpaired) electrons. The lowest BCUT2D eigenvalue weighted by Gasteiger charge is -2.23. The van der Waals surface area contributed by atoms with Crippen molar-refractivity contribution in [1.29, 1.82) is 0 Å². The van der Waals surface area contributed by atoms with E-state index in [4.69, 9.17) is 4.74 Å².